The Morgan fingerprint density at radius 1 is 1.62 bits per heavy atom. The lowest BCUT2D eigenvalue weighted by atomic mass is 10.4. The molecule has 8 heteroatoms. The molecule has 0 aliphatic heterocycles. The van der Waals surface area contributed by atoms with Gasteiger partial charge in [-0.2, -0.15) is 4.72 Å². The fourth-order valence-electron chi connectivity index (χ4n) is 0.982. The number of nitrogens with zero attached hydrogens (tertiary/aromatic N) is 1. The number of methoxy groups -OCH3 is 1. The van der Waals surface area contributed by atoms with Crippen molar-refractivity contribution >= 4 is 27.3 Å². The molecular weight excluding hydrogens is 252 g/mol. The smallest absolute Gasteiger partial charge is 0.323 e. The Kier molecular flexibility index (Phi) is 4.00. The minimum Gasteiger partial charge on any atom is -0.468 e. The molecule has 6 nitrogen and oxygen atoms in total. The Balaban J connectivity index is 2.84. The fourth-order valence-corrected chi connectivity index (χ4v) is 3.30. The first-order valence-corrected chi connectivity index (χ1v) is 6.69. The molecule has 0 aliphatic carbocycles. The third kappa shape index (κ3) is 3.00. The van der Waals surface area contributed by atoms with Crippen molar-refractivity contribution in [3.8, 4) is 0 Å². The van der Waals surface area contributed by atoms with Gasteiger partial charge in [0.05, 0.1) is 18.3 Å². The molecule has 1 heterocycles. The van der Waals surface area contributed by atoms with Crippen LogP contribution in [0.4, 0.5) is 0 Å². The van der Waals surface area contributed by atoms with E-state index < -0.39 is 22.0 Å². The molecule has 0 spiro atoms. The Bertz CT molecular complexity index is 480. The molecule has 1 aromatic rings. The molecule has 1 atom stereocenters. The van der Waals surface area contributed by atoms with Gasteiger partial charge in [-0.25, -0.2) is 13.4 Å². The summed E-state index contributed by atoms with van der Waals surface area (Å²) >= 11 is 1.04. The molecule has 0 saturated carbocycles. The van der Waals surface area contributed by atoms with Gasteiger partial charge in [-0.1, -0.05) is 0 Å². The number of thiazole rings is 1. The monoisotopic (exact) mass is 264 g/mol. The lowest BCUT2D eigenvalue weighted by Gasteiger charge is -2.10. The zero-order valence-electron chi connectivity index (χ0n) is 9.05. The summed E-state index contributed by atoms with van der Waals surface area (Å²) in [4.78, 5) is 14.9. The maximum Gasteiger partial charge on any atom is 0.323 e. The van der Waals surface area contributed by atoms with Gasteiger partial charge in [-0.15, -0.1) is 11.3 Å². The summed E-state index contributed by atoms with van der Waals surface area (Å²) in [5.41, 5.74) is 0. The second-order valence-electron chi connectivity index (χ2n) is 3.06. The SMILES string of the molecule is COC(=O)C(C)NS(=O)(=O)c1cnc(C)s1. The summed E-state index contributed by atoms with van der Waals surface area (Å²) in [6.07, 6.45) is 1.26. The van der Waals surface area contributed by atoms with Crippen LogP contribution in [0, 0.1) is 6.92 Å². The average Bonchev–Trinajstić information content (AvgIpc) is 2.63. The summed E-state index contributed by atoms with van der Waals surface area (Å²) in [5.74, 6) is -0.634. The van der Waals surface area contributed by atoms with Crippen LogP contribution in [0.15, 0.2) is 10.4 Å². The zero-order valence-corrected chi connectivity index (χ0v) is 10.7. The van der Waals surface area contributed by atoms with E-state index in [1.165, 1.54) is 20.2 Å². The minimum absolute atomic E-state index is 0.0840. The van der Waals surface area contributed by atoms with E-state index in [2.05, 4.69) is 14.4 Å². The number of nitrogens with one attached hydrogen (secondary N) is 1. The lowest BCUT2D eigenvalue weighted by molar-refractivity contribution is -0.142. The van der Waals surface area contributed by atoms with Crippen LogP contribution in [0.25, 0.3) is 0 Å². The molecule has 1 rings (SSSR count). The van der Waals surface area contributed by atoms with Crippen molar-refractivity contribution in [3.63, 3.8) is 0 Å². The summed E-state index contributed by atoms with van der Waals surface area (Å²) in [6, 6.07) is -0.919. The van der Waals surface area contributed by atoms with Gasteiger partial charge >= 0.3 is 5.97 Å². The molecule has 0 radical (unpaired) electrons. The third-order valence-corrected chi connectivity index (χ3v) is 4.67. The molecule has 1 unspecified atom stereocenters. The van der Waals surface area contributed by atoms with Crippen molar-refractivity contribution in [1.82, 2.24) is 9.71 Å². The highest BCUT2D eigenvalue weighted by atomic mass is 32.2. The first-order valence-electron chi connectivity index (χ1n) is 4.39. The summed E-state index contributed by atoms with van der Waals surface area (Å²) in [6.45, 7) is 3.12. The van der Waals surface area contributed by atoms with Gasteiger partial charge in [0.1, 0.15) is 6.04 Å². The van der Waals surface area contributed by atoms with Gasteiger partial charge in [-0.3, -0.25) is 4.79 Å². The predicted octanol–water partition coefficient (Wildman–Crippen LogP) is 0.291. The number of ether oxygens (including phenoxy) is 1. The number of aryl methyl sites for hydroxylation is 1. The lowest BCUT2D eigenvalue weighted by Crippen LogP contribution is -2.38. The number of aromatic nitrogens is 1. The summed E-state index contributed by atoms with van der Waals surface area (Å²) in [5, 5.41) is 0.645. The van der Waals surface area contributed by atoms with Crippen LogP contribution in [0.3, 0.4) is 0 Å². The van der Waals surface area contributed by atoms with Crippen LogP contribution >= 0.6 is 11.3 Å². The van der Waals surface area contributed by atoms with Crippen LogP contribution in [-0.2, 0) is 19.6 Å². The number of sulfonamides is 1. The van der Waals surface area contributed by atoms with Gasteiger partial charge < -0.3 is 4.74 Å². The number of hydrogen-bond donors (Lipinski definition) is 1. The van der Waals surface area contributed by atoms with E-state index in [9.17, 15) is 13.2 Å². The van der Waals surface area contributed by atoms with Crippen LogP contribution in [0.1, 0.15) is 11.9 Å². The van der Waals surface area contributed by atoms with Gasteiger partial charge in [0.15, 0.2) is 4.21 Å². The van der Waals surface area contributed by atoms with E-state index in [-0.39, 0.29) is 4.21 Å². The Morgan fingerprint density at radius 3 is 2.69 bits per heavy atom. The second kappa shape index (κ2) is 4.89. The zero-order chi connectivity index (χ0) is 12.3. The van der Waals surface area contributed by atoms with Crippen LogP contribution in [0.5, 0.6) is 0 Å². The van der Waals surface area contributed by atoms with Crippen molar-refractivity contribution < 1.29 is 17.9 Å². The van der Waals surface area contributed by atoms with Crippen molar-refractivity contribution in [2.45, 2.75) is 24.1 Å². The summed E-state index contributed by atoms with van der Waals surface area (Å²) < 4.78 is 30.2. The van der Waals surface area contributed by atoms with Crippen molar-refractivity contribution in [3.05, 3.63) is 11.2 Å². The molecule has 0 fully saturated rings. The number of rotatable bonds is 4. The topological polar surface area (TPSA) is 85.4 Å². The Hall–Kier alpha value is -0.990. The Morgan fingerprint density at radius 2 is 2.25 bits per heavy atom. The van der Waals surface area contributed by atoms with E-state index in [0.29, 0.717) is 5.01 Å². The second-order valence-corrected chi connectivity index (χ2v) is 6.24. The molecule has 0 aliphatic rings. The highest BCUT2D eigenvalue weighted by molar-refractivity contribution is 7.91. The first kappa shape index (κ1) is 13.1. The highest BCUT2D eigenvalue weighted by Crippen LogP contribution is 2.17. The standard InChI is InChI=1S/C8H12N2O4S2/c1-5(8(11)14-3)10-16(12,13)7-4-9-6(2)15-7/h4-5,10H,1-3H3. The van der Waals surface area contributed by atoms with Gasteiger partial charge in [0.25, 0.3) is 10.0 Å². The third-order valence-electron chi connectivity index (χ3n) is 1.75. The van der Waals surface area contributed by atoms with E-state index in [1.807, 2.05) is 0 Å². The number of carbonyl (C=O) groups excluding carboxylic acids is 1. The highest BCUT2D eigenvalue weighted by Gasteiger charge is 2.23. The number of esters is 1. The van der Waals surface area contributed by atoms with Gasteiger partial charge in [0.2, 0.25) is 0 Å². The molecule has 16 heavy (non-hydrogen) atoms. The summed E-state index contributed by atoms with van der Waals surface area (Å²) in [7, 11) is -2.49. The molecular formula is C8H12N2O4S2. The minimum atomic E-state index is -3.69. The molecule has 0 aromatic carbocycles. The first-order chi connectivity index (χ1) is 7.36. The normalized spacial score (nSPS) is 13.4. The van der Waals surface area contributed by atoms with Gasteiger partial charge in [0, 0.05) is 0 Å². The maximum atomic E-state index is 11.7. The molecule has 0 amide bonds. The largest absolute Gasteiger partial charge is 0.468 e. The van der Waals surface area contributed by atoms with E-state index in [1.54, 1.807) is 6.92 Å². The fraction of sp³-hybridized carbons (Fsp3) is 0.500. The predicted molar refractivity (Wildman–Crippen MR) is 58.7 cm³/mol. The number of hydrogen-bond acceptors (Lipinski definition) is 6. The maximum absolute atomic E-state index is 11.7. The van der Waals surface area contributed by atoms with Gasteiger partial charge in [-0.05, 0) is 13.8 Å². The molecule has 1 N–H and O–H groups in total. The molecule has 0 saturated heterocycles. The molecule has 0 bridgehead atoms. The van der Waals surface area contributed by atoms with Crippen molar-refractivity contribution in [1.29, 1.82) is 0 Å². The van der Waals surface area contributed by atoms with E-state index in [0.717, 1.165) is 11.3 Å². The average molecular weight is 264 g/mol. The Labute approximate surface area is 97.7 Å². The van der Waals surface area contributed by atoms with Crippen LogP contribution < -0.4 is 4.72 Å². The van der Waals surface area contributed by atoms with E-state index in [4.69, 9.17) is 0 Å². The van der Waals surface area contributed by atoms with Crippen molar-refractivity contribution in [2.75, 3.05) is 7.11 Å². The number of carbonyl (C=O) groups is 1. The van der Waals surface area contributed by atoms with Crippen LogP contribution in [-0.4, -0.2) is 32.5 Å². The van der Waals surface area contributed by atoms with E-state index >= 15 is 0 Å². The quantitative estimate of drug-likeness (QED) is 0.790. The van der Waals surface area contributed by atoms with Crippen molar-refractivity contribution in [2.24, 2.45) is 0 Å². The molecule has 1 aromatic heterocycles. The molecule has 90 valence electrons. The van der Waals surface area contributed by atoms with Crippen LogP contribution in [0.2, 0.25) is 0 Å².